The van der Waals surface area contributed by atoms with E-state index in [2.05, 4.69) is 21.5 Å². The normalized spacial score (nSPS) is 11.2. The molecule has 6 nitrogen and oxygen atoms in total. The van der Waals surface area contributed by atoms with Crippen LogP contribution in [0.15, 0.2) is 77.0 Å². The van der Waals surface area contributed by atoms with Gasteiger partial charge in [0.1, 0.15) is 0 Å². The van der Waals surface area contributed by atoms with Crippen LogP contribution in [0.1, 0.15) is 15.2 Å². The number of amides is 1. The molecule has 30 heavy (non-hydrogen) atoms. The smallest absolute Gasteiger partial charge is 0.280 e. The third kappa shape index (κ3) is 3.29. The molecule has 0 radical (unpaired) electrons. The molecule has 5 aromatic rings. The standard InChI is InChI=1S/C23H18N4O2S/c28-22(24-11-10-17-7-4-12-30-17)15-8-9-20-18(13-15)21-19(14-25-20)23(29)27(26-21)16-5-2-1-3-6-16/h1-9,12-14,26H,10-11H2,(H,24,28). The zero-order valence-electron chi connectivity index (χ0n) is 16.0. The Hall–Kier alpha value is -3.71. The van der Waals surface area contributed by atoms with Gasteiger partial charge in [-0.25, -0.2) is 4.68 Å². The molecule has 0 spiro atoms. The van der Waals surface area contributed by atoms with Crippen molar-refractivity contribution in [1.29, 1.82) is 0 Å². The highest BCUT2D eigenvalue weighted by atomic mass is 32.1. The molecule has 0 unspecified atom stereocenters. The number of pyridine rings is 1. The first-order valence-electron chi connectivity index (χ1n) is 9.60. The van der Waals surface area contributed by atoms with Gasteiger partial charge in [-0.2, -0.15) is 0 Å². The molecule has 0 saturated carbocycles. The third-order valence-electron chi connectivity index (χ3n) is 5.04. The van der Waals surface area contributed by atoms with Crippen LogP contribution in [0.5, 0.6) is 0 Å². The summed E-state index contributed by atoms with van der Waals surface area (Å²) in [6.45, 7) is 0.570. The highest BCUT2D eigenvalue weighted by Gasteiger charge is 2.14. The number of H-pyrrole nitrogens is 1. The Bertz CT molecular complexity index is 1400. The van der Waals surface area contributed by atoms with Crippen LogP contribution >= 0.6 is 11.3 Å². The van der Waals surface area contributed by atoms with E-state index in [0.717, 1.165) is 23.0 Å². The molecule has 0 bridgehead atoms. The average molecular weight is 414 g/mol. The highest BCUT2D eigenvalue weighted by molar-refractivity contribution is 7.09. The van der Waals surface area contributed by atoms with Gasteiger partial charge in [0.25, 0.3) is 11.5 Å². The summed E-state index contributed by atoms with van der Waals surface area (Å²) in [6.07, 6.45) is 2.38. The molecule has 148 valence electrons. The predicted molar refractivity (Wildman–Crippen MR) is 120 cm³/mol. The van der Waals surface area contributed by atoms with Crippen molar-refractivity contribution in [3.05, 3.63) is 93.0 Å². The lowest BCUT2D eigenvalue weighted by molar-refractivity contribution is 0.0954. The number of benzene rings is 2. The SMILES string of the molecule is O=C(NCCc1cccs1)c1ccc2ncc3c(=O)n(-c4ccccc4)[nH]c3c2c1. The molecule has 3 heterocycles. The van der Waals surface area contributed by atoms with Crippen molar-refractivity contribution in [1.82, 2.24) is 20.1 Å². The number of nitrogens with zero attached hydrogens (tertiary/aromatic N) is 2. The van der Waals surface area contributed by atoms with E-state index in [9.17, 15) is 9.59 Å². The first-order valence-corrected chi connectivity index (χ1v) is 10.5. The highest BCUT2D eigenvalue weighted by Crippen LogP contribution is 2.22. The van der Waals surface area contributed by atoms with Gasteiger partial charge in [0.2, 0.25) is 0 Å². The van der Waals surface area contributed by atoms with Gasteiger partial charge in [0.05, 0.1) is 22.1 Å². The van der Waals surface area contributed by atoms with Gasteiger partial charge in [0, 0.05) is 28.6 Å². The quantitative estimate of drug-likeness (QED) is 0.458. The molecular weight excluding hydrogens is 396 g/mol. The molecule has 1 amide bonds. The Morgan fingerprint density at radius 1 is 1.07 bits per heavy atom. The minimum Gasteiger partial charge on any atom is -0.352 e. The number of carbonyl (C=O) groups excluding carboxylic acids is 1. The first-order chi connectivity index (χ1) is 14.7. The Morgan fingerprint density at radius 3 is 2.73 bits per heavy atom. The number of hydrogen-bond donors (Lipinski definition) is 2. The number of carbonyl (C=O) groups is 1. The summed E-state index contributed by atoms with van der Waals surface area (Å²) < 4.78 is 1.50. The van der Waals surface area contributed by atoms with Crippen LogP contribution < -0.4 is 10.9 Å². The monoisotopic (exact) mass is 414 g/mol. The maximum absolute atomic E-state index is 12.9. The van der Waals surface area contributed by atoms with Crippen LogP contribution in [0.25, 0.3) is 27.5 Å². The second-order valence-corrected chi connectivity index (χ2v) is 7.98. The minimum absolute atomic E-state index is 0.143. The van der Waals surface area contributed by atoms with Gasteiger partial charge in [-0.1, -0.05) is 24.3 Å². The molecule has 2 aromatic carbocycles. The summed E-state index contributed by atoms with van der Waals surface area (Å²) in [5.74, 6) is -0.143. The third-order valence-corrected chi connectivity index (χ3v) is 5.97. The Balaban J connectivity index is 1.50. The predicted octanol–water partition coefficient (Wildman–Crippen LogP) is 3.90. The summed E-state index contributed by atoms with van der Waals surface area (Å²) in [7, 11) is 0. The molecule has 0 aliphatic carbocycles. The molecule has 0 aliphatic rings. The fourth-order valence-corrected chi connectivity index (χ4v) is 4.22. The van der Waals surface area contributed by atoms with Crippen molar-refractivity contribution in [2.75, 3.05) is 6.54 Å². The average Bonchev–Trinajstić information content (AvgIpc) is 3.42. The minimum atomic E-state index is -0.170. The lowest BCUT2D eigenvalue weighted by atomic mass is 10.1. The number of fused-ring (bicyclic) bond motifs is 3. The van der Waals surface area contributed by atoms with Crippen LogP contribution in [0.2, 0.25) is 0 Å². The Kier molecular flexibility index (Phi) is 4.65. The van der Waals surface area contributed by atoms with E-state index in [1.807, 2.05) is 41.8 Å². The number of thiophene rings is 1. The van der Waals surface area contributed by atoms with E-state index in [-0.39, 0.29) is 11.5 Å². The van der Waals surface area contributed by atoms with Gasteiger partial charge in [0.15, 0.2) is 0 Å². The van der Waals surface area contributed by atoms with Crippen LogP contribution in [-0.2, 0) is 6.42 Å². The van der Waals surface area contributed by atoms with Crippen LogP contribution in [0.3, 0.4) is 0 Å². The number of nitrogens with one attached hydrogen (secondary N) is 2. The van der Waals surface area contributed by atoms with E-state index in [1.54, 1.807) is 35.7 Å². The van der Waals surface area contributed by atoms with E-state index in [1.165, 1.54) is 9.56 Å². The van der Waals surface area contributed by atoms with Crippen molar-refractivity contribution in [2.24, 2.45) is 0 Å². The fourth-order valence-electron chi connectivity index (χ4n) is 3.51. The molecule has 0 fully saturated rings. The van der Waals surface area contributed by atoms with Crippen LogP contribution in [-0.4, -0.2) is 27.2 Å². The van der Waals surface area contributed by atoms with Gasteiger partial charge < -0.3 is 5.32 Å². The first kappa shape index (κ1) is 18.3. The Morgan fingerprint density at radius 2 is 1.93 bits per heavy atom. The number of aromatic amines is 1. The van der Waals surface area contributed by atoms with E-state index in [0.29, 0.717) is 23.0 Å². The van der Waals surface area contributed by atoms with Gasteiger partial charge in [-0.3, -0.25) is 19.7 Å². The number of hydrogen-bond acceptors (Lipinski definition) is 4. The van der Waals surface area contributed by atoms with Gasteiger partial charge >= 0.3 is 0 Å². The van der Waals surface area contributed by atoms with Gasteiger partial charge in [-0.15, -0.1) is 11.3 Å². The lowest BCUT2D eigenvalue weighted by Gasteiger charge is -2.06. The number of aromatic nitrogens is 3. The molecule has 2 N–H and O–H groups in total. The van der Waals surface area contributed by atoms with E-state index < -0.39 is 0 Å². The summed E-state index contributed by atoms with van der Waals surface area (Å²) in [4.78, 5) is 31.1. The molecule has 0 atom stereocenters. The second-order valence-electron chi connectivity index (χ2n) is 6.95. The fraction of sp³-hybridized carbons (Fsp3) is 0.0870. The summed E-state index contributed by atoms with van der Waals surface area (Å²) >= 11 is 1.68. The largest absolute Gasteiger partial charge is 0.352 e. The zero-order valence-corrected chi connectivity index (χ0v) is 16.8. The van der Waals surface area contributed by atoms with Crippen molar-refractivity contribution in [3.8, 4) is 5.69 Å². The Labute approximate surface area is 175 Å². The summed E-state index contributed by atoms with van der Waals surface area (Å²) in [5.41, 5.74) is 2.50. The summed E-state index contributed by atoms with van der Waals surface area (Å²) in [6, 6.07) is 18.8. The second kappa shape index (κ2) is 7.61. The molecule has 0 aliphatic heterocycles. The van der Waals surface area contributed by atoms with E-state index in [4.69, 9.17) is 0 Å². The van der Waals surface area contributed by atoms with Crippen LogP contribution in [0.4, 0.5) is 0 Å². The number of rotatable bonds is 5. The maximum atomic E-state index is 12.9. The molecule has 0 saturated heterocycles. The molecule has 3 aromatic heterocycles. The van der Waals surface area contributed by atoms with Gasteiger partial charge in [-0.05, 0) is 48.2 Å². The topological polar surface area (TPSA) is 79.8 Å². The number of para-hydroxylation sites is 1. The molecule has 7 heteroatoms. The van der Waals surface area contributed by atoms with Crippen molar-refractivity contribution in [3.63, 3.8) is 0 Å². The van der Waals surface area contributed by atoms with Crippen LogP contribution in [0, 0.1) is 0 Å². The molecule has 5 rings (SSSR count). The van der Waals surface area contributed by atoms with E-state index >= 15 is 0 Å². The maximum Gasteiger partial charge on any atom is 0.280 e. The zero-order chi connectivity index (χ0) is 20.5. The van der Waals surface area contributed by atoms with Crippen molar-refractivity contribution >= 4 is 39.0 Å². The van der Waals surface area contributed by atoms with Crippen molar-refractivity contribution in [2.45, 2.75) is 6.42 Å². The molecular formula is C23H18N4O2S. The lowest BCUT2D eigenvalue weighted by Crippen LogP contribution is -2.25. The van der Waals surface area contributed by atoms with Crippen molar-refractivity contribution < 1.29 is 4.79 Å². The summed E-state index contributed by atoms with van der Waals surface area (Å²) in [5, 5.41) is 9.40.